The fourth-order valence-corrected chi connectivity index (χ4v) is 2.51. The maximum atomic E-state index is 12.7. The maximum absolute atomic E-state index is 12.7. The summed E-state index contributed by atoms with van der Waals surface area (Å²) in [5.74, 6) is 0.624. The van der Waals surface area contributed by atoms with E-state index < -0.39 is 0 Å². The van der Waals surface area contributed by atoms with Crippen molar-refractivity contribution in [1.82, 2.24) is 18.7 Å². The van der Waals surface area contributed by atoms with Crippen LogP contribution in [0.3, 0.4) is 0 Å². The Morgan fingerprint density at radius 3 is 2.46 bits per heavy atom. The number of nitrogens with two attached hydrogens (primary N) is 1. The standard InChI is InChI=1S/C16H26N6O2/c1-10(2)7-8-22-12-13(18-15(22)19(4)11(3)9-17)20(5)16(24)21(6)14(12)23/h7,11H,8-9,17H2,1-6H3. The molecule has 0 fully saturated rings. The van der Waals surface area contributed by atoms with Crippen LogP contribution in [0.2, 0.25) is 0 Å². The van der Waals surface area contributed by atoms with Crippen molar-refractivity contribution >= 4 is 17.1 Å². The van der Waals surface area contributed by atoms with Crippen LogP contribution in [0.15, 0.2) is 21.2 Å². The highest BCUT2D eigenvalue weighted by atomic mass is 16.2. The first-order valence-electron chi connectivity index (χ1n) is 7.93. The molecule has 0 aliphatic rings. The normalized spacial score (nSPS) is 12.5. The first kappa shape index (κ1) is 18.0. The minimum Gasteiger partial charge on any atom is -0.341 e. The van der Waals surface area contributed by atoms with Gasteiger partial charge in [-0.15, -0.1) is 0 Å². The fourth-order valence-electron chi connectivity index (χ4n) is 2.51. The predicted molar refractivity (Wildman–Crippen MR) is 96.6 cm³/mol. The van der Waals surface area contributed by atoms with E-state index in [2.05, 4.69) is 4.98 Å². The van der Waals surface area contributed by atoms with Gasteiger partial charge in [0.15, 0.2) is 11.2 Å². The first-order valence-corrected chi connectivity index (χ1v) is 7.93. The van der Waals surface area contributed by atoms with E-state index in [4.69, 9.17) is 5.73 Å². The zero-order valence-electron chi connectivity index (χ0n) is 15.2. The molecule has 8 heteroatoms. The second kappa shape index (κ2) is 6.64. The van der Waals surface area contributed by atoms with Crippen LogP contribution in [-0.2, 0) is 20.6 Å². The number of fused-ring (bicyclic) bond motifs is 1. The molecule has 2 N–H and O–H groups in total. The van der Waals surface area contributed by atoms with Crippen molar-refractivity contribution in [3.05, 3.63) is 32.5 Å². The Hall–Kier alpha value is -2.35. The number of hydrogen-bond donors (Lipinski definition) is 1. The predicted octanol–water partition coefficient (Wildman–Crippen LogP) is 0.183. The summed E-state index contributed by atoms with van der Waals surface area (Å²) in [5, 5.41) is 0. The van der Waals surface area contributed by atoms with Crippen LogP contribution in [0.1, 0.15) is 20.8 Å². The topological polar surface area (TPSA) is 91.1 Å². The Kier molecular flexibility index (Phi) is 4.98. The monoisotopic (exact) mass is 334 g/mol. The molecular formula is C16H26N6O2. The fraction of sp³-hybridized carbons (Fsp3) is 0.562. The molecule has 0 aliphatic heterocycles. The molecule has 1 unspecified atom stereocenters. The molecule has 0 radical (unpaired) electrons. The Balaban J connectivity index is 2.87. The summed E-state index contributed by atoms with van der Waals surface area (Å²) >= 11 is 0. The molecule has 0 bridgehead atoms. The number of anilines is 1. The summed E-state index contributed by atoms with van der Waals surface area (Å²) < 4.78 is 4.36. The summed E-state index contributed by atoms with van der Waals surface area (Å²) in [6.07, 6.45) is 2.02. The van der Waals surface area contributed by atoms with Gasteiger partial charge in [-0.3, -0.25) is 13.9 Å². The molecule has 0 saturated carbocycles. The van der Waals surface area contributed by atoms with Crippen LogP contribution in [0.25, 0.3) is 11.2 Å². The summed E-state index contributed by atoms with van der Waals surface area (Å²) in [6.45, 7) is 6.95. The van der Waals surface area contributed by atoms with E-state index >= 15 is 0 Å². The van der Waals surface area contributed by atoms with Crippen LogP contribution >= 0.6 is 0 Å². The maximum Gasteiger partial charge on any atom is 0.332 e. The van der Waals surface area contributed by atoms with Crippen molar-refractivity contribution in [2.45, 2.75) is 33.4 Å². The van der Waals surface area contributed by atoms with E-state index in [1.54, 1.807) is 7.05 Å². The van der Waals surface area contributed by atoms with Gasteiger partial charge < -0.3 is 15.2 Å². The first-order chi connectivity index (χ1) is 11.2. The van der Waals surface area contributed by atoms with Crippen LogP contribution in [-0.4, -0.2) is 38.3 Å². The lowest BCUT2D eigenvalue weighted by molar-refractivity contribution is 0.657. The highest BCUT2D eigenvalue weighted by Gasteiger charge is 2.22. The zero-order chi connectivity index (χ0) is 18.2. The number of rotatable bonds is 5. The van der Waals surface area contributed by atoms with Crippen LogP contribution in [0.4, 0.5) is 5.95 Å². The Labute approximate surface area is 140 Å². The van der Waals surface area contributed by atoms with E-state index in [1.807, 2.05) is 43.4 Å². The third-order valence-electron chi connectivity index (χ3n) is 4.33. The Bertz CT molecular complexity index is 898. The van der Waals surface area contributed by atoms with Gasteiger partial charge in [-0.1, -0.05) is 11.6 Å². The molecule has 8 nitrogen and oxygen atoms in total. The van der Waals surface area contributed by atoms with Crippen molar-refractivity contribution in [2.24, 2.45) is 19.8 Å². The third-order valence-corrected chi connectivity index (χ3v) is 4.33. The van der Waals surface area contributed by atoms with Gasteiger partial charge in [-0.2, -0.15) is 4.98 Å². The van der Waals surface area contributed by atoms with E-state index in [9.17, 15) is 9.59 Å². The molecule has 2 aromatic heterocycles. The minimum atomic E-state index is -0.388. The molecule has 2 rings (SSSR count). The van der Waals surface area contributed by atoms with Crippen LogP contribution < -0.4 is 21.9 Å². The van der Waals surface area contributed by atoms with E-state index in [0.717, 1.165) is 10.1 Å². The molecule has 2 aromatic rings. The van der Waals surface area contributed by atoms with Gasteiger partial charge in [0.05, 0.1) is 0 Å². The van der Waals surface area contributed by atoms with Gasteiger partial charge in [0, 0.05) is 40.3 Å². The third kappa shape index (κ3) is 2.89. The molecule has 0 aromatic carbocycles. The largest absolute Gasteiger partial charge is 0.341 e. The number of hydrogen-bond acceptors (Lipinski definition) is 5. The Morgan fingerprint density at radius 2 is 1.92 bits per heavy atom. The number of allylic oxidation sites excluding steroid dienone is 2. The van der Waals surface area contributed by atoms with Gasteiger partial charge >= 0.3 is 5.69 Å². The minimum absolute atomic E-state index is 0.0492. The highest BCUT2D eigenvalue weighted by Crippen LogP contribution is 2.20. The molecule has 1 atom stereocenters. The average molecular weight is 334 g/mol. The van der Waals surface area contributed by atoms with Gasteiger partial charge in [-0.05, 0) is 20.8 Å². The Morgan fingerprint density at radius 1 is 1.29 bits per heavy atom. The molecule has 2 heterocycles. The van der Waals surface area contributed by atoms with Crippen molar-refractivity contribution in [3.8, 4) is 0 Å². The number of imidazole rings is 1. The van der Waals surface area contributed by atoms with E-state index in [1.165, 1.54) is 11.6 Å². The van der Waals surface area contributed by atoms with Gasteiger partial charge in [0.25, 0.3) is 5.56 Å². The molecule has 0 amide bonds. The molecule has 24 heavy (non-hydrogen) atoms. The summed E-state index contributed by atoms with van der Waals surface area (Å²) in [4.78, 5) is 31.4. The quantitative estimate of drug-likeness (QED) is 0.788. The van der Waals surface area contributed by atoms with Crippen molar-refractivity contribution in [2.75, 3.05) is 18.5 Å². The number of aryl methyl sites for hydroxylation is 1. The molecule has 0 saturated heterocycles. The lowest BCUT2D eigenvalue weighted by Crippen LogP contribution is -2.38. The summed E-state index contributed by atoms with van der Waals surface area (Å²) in [5.41, 5.74) is 6.98. The summed E-state index contributed by atoms with van der Waals surface area (Å²) in [6, 6.07) is 0.0492. The second-order valence-electron chi connectivity index (χ2n) is 6.38. The smallest absolute Gasteiger partial charge is 0.332 e. The molecular weight excluding hydrogens is 308 g/mol. The molecule has 132 valence electrons. The SMILES string of the molecule is CC(C)=CCn1c(N(C)C(C)CN)nc2c1c(=O)n(C)c(=O)n2C. The highest BCUT2D eigenvalue weighted by molar-refractivity contribution is 5.74. The van der Waals surface area contributed by atoms with Gasteiger partial charge in [-0.25, -0.2) is 4.79 Å². The van der Waals surface area contributed by atoms with E-state index in [0.29, 0.717) is 30.2 Å². The van der Waals surface area contributed by atoms with Crippen LogP contribution in [0.5, 0.6) is 0 Å². The number of aromatic nitrogens is 4. The second-order valence-corrected chi connectivity index (χ2v) is 6.38. The zero-order valence-corrected chi connectivity index (χ0v) is 15.2. The van der Waals surface area contributed by atoms with Crippen molar-refractivity contribution in [1.29, 1.82) is 0 Å². The van der Waals surface area contributed by atoms with Crippen molar-refractivity contribution in [3.63, 3.8) is 0 Å². The lowest BCUT2D eigenvalue weighted by atomic mass is 10.3. The van der Waals surface area contributed by atoms with Crippen LogP contribution in [0, 0.1) is 0 Å². The van der Waals surface area contributed by atoms with E-state index in [-0.39, 0.29) is 17.3 Å². The summed E-state index contributed by atoms with van der Waals surface area (Å²) in [7, 11) is 4.99. The lowest BCUT2D eigenvalue weighted by Gasteiger charge is -2.25. The van der Waals surface area contributed by atoms with Crippen molar-refractivity contribution < 1.29 is 0 Å². The van der Waals surface area contributed by atoms with Gasteiger partial charge in [0.2, 0.25) is 5.95 Å². The van der Waals surface area contributed by atoms with Gasteiger partial charge in [0.1, 0.15) is 0 Å². The number of likely N-dealkylation sites (N-methyl/N-ethyl adjacent to an activating group) is 1. The molecule has 0 aliphatic carbocycles. The molecule has 0 spiro atoms. The number of nitrogens with zero attached hydrogens (tertiary/aromatic N) is 5. The average Bonchev–Trinajstić information content (AvgIpc) is 2.94.